The summed E-state index contributed by atoms with van der Waals surface area (Å²) in [6.45, 7) is 0.297. The van der Waals surface area contributed by atoms with Crippen molar-refractivity contribution < 1.29 is 23.9 Å². The molecule has 1 saturated heterocycles. The van der Waals surface area contributed by atoms with Crippen molar-refractivity contribution in [3.63, 3.8) is 0 Å². The number of rotatable bonds is 6. The SMILES string of the molecule is O=C(COC(=O)C1CCCN1C(=O)C12CC3CC(CC(C3)C1)C2)NC(=O)NCc1ccccc1. The number of ether oxygens (including phenoxy) is 1. The van der Waals surface area contributed by atoms with Gasteiger partial charge in [0.25, 0.3) is 5.91 Å². The number of carbonyl (C=O) groups excluding carboxylic acids is 4. The van der Waals surface area contributed by atoms with Crippen molar-refractivity contribution in [1.82, 2.24) is 15.5 Å². The lowest BCUT2D eigenvalue weighted by atomic mass is 9.49. The standard InChI is InChI=1S/C26H33N3O5/c30-22(28-25(33)27-15-17-5-2-1-3-6-17)16-34-23(31)21-7-4-8-29(21)24(32)26-12-18-9-19(13-26)11-20(10-18)14-26/h1-3,5-6,18-21H,4,7-16H2,(H2,27,28,30,33). The Morgan fingerprint density at radius 2 is 1.62 bits per heavy atom. The average molecular weight is 468 g/mol. The third-order valence-corrected chi connectivity index (χ3v) is 8.17. The van der Waals surface area contributed by atoms with Crippen molar-refractivity contribution >= 4 is 23.8 Å². The number of likely N-dealkylation sites (tertiary alicyclic amines) is 1. The van der Waals surface area contributed by atoms with E-state index in [0.717, 1.165) is 31.2 Å². The van der Waals surface area contributed by atoms with Crippen LogP contribution in [0.15, 0.2) is 30.3 Å². The number of carbonyl (C=O) groups is 4. The molecule has 2 N–H and O–H groups in total. The topological polar surface area (TPSA) is 105 Å². The number of nitrogens with zero attached hydrogens (tertiary/aromatic N) is 1. The van der Waals surface area contributed by atoms with Crippen LogP contribution in [0.4, 0.5) is 4.79 Å². The van der Waals surface area contributed by atoms with Crippen LogP contribution in [0.25, 0.3) is 0 Å². The lowest BCUT2D eigenvalue weighted by Gasteiger charge is -2.56. The summed E-state index contributed by atoms with van der Waals surface area (Å²) in [6.07, 6.45) is 7.94. The highest BCUT2D eigenvalue weighted by Crippen LogP contribution is 2.60. The van der Waals surface area contributed by atoms with Crippen LogP contribution in [-0.2, 0) is 25.7 Å². The van der Waals surface area contributed by atoms with Crippen LogP contribution < -0.4 is 10.6 Å². The van der Waals surface area contributed by atoms with E-state index in [-0.39, 0.29) is 17.9 Å². The molecule has 1 aliphatic heterocycles. The van der Waals surface area contributed by atoms with Gasteiger partial charge in [-0.3, -0.25) is 14.9 Å². The highest BCUT2D eigenvalue weighted by atomic mass is 16.5. The first kappa shape index (κ1) is 22.9. The highest BCUT2D eigenvalue weighted by Gasteiger charge is 2.57. The van der Waals surface area contributed by atoms with Gasteiger partial charge in [-0.1, -0.05) is 30.3 Å². The zero-order valence-corrected chi connectivity index (χ0v) is 19.5. The van der Waals surface area contributed by atoms with Crippen LogP contribution in [0.3, 0.4) is 0 Å². The maximum atomic E-state index is 13.7. The molecule has 0 spiro atoms. The molecule has 182 valence electrons. The third-order valence-electron chi connectivity index (χ3n) is 8.17. The monoisotopic (exact) mass is 467 g/mol. The molecule has 4 bridgehead atoms. The minimum absolute atomic E-state index is 0.121. The normalized spacial score (nSPS) is 31.2. The number of hydrogen-bond donors (Lipinski definition) is 2. The number of nitrogens with one attached hydrogen (secondary N) is 2. The van der Waals surface area contributed by atoms with Crippen molar-refractivity contribution in [2.75, 3.05) is 13.2 Å². The van der Waals surface area contributed by atoms with Gasteiger partial charge in [0, 0.05) is 13.1 Å². The Kier molecular flexibility index (Phi) is 6.32. The Hall–Kier alpha value is -2.90. The van der Waals surface area contributed by atoms with Gasteiger partial charge >= 0.3 is 12.0 Å². The van der Waals surface area contributed by atoms with E-state index in [9.17, 15) is 19.2 Å². The molecular formula is C26H33N3O5. The molecule has 8 heteroatoms. The third kappa shape index (κ3) is 4.68. The van der Waals surface area contributed by atoms with Crippen LogP contribution in [0.2, 0.25) is 0 Å². The fraction of sp³-hybridized carbons (Fsp3) is 0.615. The highest BCUT2D eigenvalue weighted by molar-refractivity contribution is 5.96. The summed E-state index contributed by atoms with van der Waals surface area (Å²) in [7, 11) is 0. The van der Waals surface area contributed by atoms with E-state index in [2.05, 4.69) is 10.6 Å². The van der Waals surface area contributed by atoms with Crippen LogP contribution in [-0.4, -0.2) is 47.9 Å². The van der Waals surface area contributed by atoms with Crippen LogP contribution in [0, 0.1) is 23.2 Å². The first-order valence-corrected chi connectivity index (χ1v) is 12.5. The second kappa shape index (κ2) is 9.39. The largest absolute Gasteiger partial charge is 0.454 e. The average Bonchev–Trinajstić information content (AvgIpc) is 3.30. The molecule has 6 rings (SSSR count). The van der Waals surface area contributed by atoms with Crippen LogP contribution in [0.5, 0.6) is 0 Å². The zero-order chi connectivity index (χ0) is 23.7. The molecule has 1 atom stereocenters. The van der Waals surface area contributed by atoms with Gasteiger partial charge in [-0.05, 0) is 74.7 Å². The summed E-state index contributed by atoms with van der Waals surface area (Å²) in [5.41, 5.74) is 0.604. The minimum atomic E-state index is -0.698. The molecule has 1 unspecified atom stereocenters. The van der Waals surface area contributed by atoms with E-state index in [4.69, 9.17) is 4.74 Å². The van der Waals surface area contributed by atoms with E-state index >= 15 is 0 Å². The van der Waals surface area contributed by atoms with E-state index < -0.39 is 30.6 Å². The van der Waals surface area contributed by atoms with Crippen molar-refractivity contribution in [1.29, 1.82) is 0 Å². The van der Waals surface area contributed by atoms with E-state index in [0.29, 0.717) is 30.7 Å². The van der Waals surface area contributed by atoms with Gasteiger partial charge in [-0.2, -0.15) is 0 Å². The lowest BCUT2D eigenvalue weighted by molar-refractivity contribution is -0.166. The fourth-order valence-electron chi connectivity index (χ4n) is 7.15. The molecular weight excluding hydrogens is 434 g/mol. The summed E-state index contributed by atoms with van der Waals surface area (Å²) in [5.74, 6) is 0.821. The van der Waals surface area contributed by atoms with Crippen molar-refractivity contribution in [2.24, 2.45) is 23.2 Å². The van der Waals surface area contributed by atoms with E-state index in [1.165, 1.54) is 19.3 Å². The van der Waals surface area contributed by atoms with Gasteiger partial charge < -0.3 is 15.0 Å². The molecule has 1 aromatic carbocycles. The quantitative estimate of drug-likeness (QED) is 0.626. The number of benzene rings is 1. The predicted octanol–water partition coefficient (Wildman–Crippen LogP) is 2.76. The van der Waals surface area contributed by atoms with Crippen LogP contribution >= 0.6 is 0 Å². The second-order valence-electron chi connectivity index (χ2n) is 10.7. The number of hydrogen-bond acceptors (Lipinski definition) is 5. The smallest absolute Gasteiger partial charge is 0.329 e. The molecule has 5 aliphatic rings. The summed E-state index contributed by atoms with van der Waals surface area (Å²) in [5, 5.41) is 4.77. The number of urea groups is 1. The maximum Gasteiger partial charge on any atom is 0.329 e. The van der Waals surface area contributed by atoms with E-state index in [1.54, 1.807) is 4.90 Å². The first-order valence-electron chi connectivity index (χ1n) is 12.5. The molecule has 8 nitrogen and oxygen atoms in total. The molecule has 0 aromatic heterocycles. The van der Waals surface area contributed by atoms with Crippen molar-refractivity contribution in [3.8, 4) is 0 Å². The van der Waals surface area contributed by atoms with Crippen molar-refractivity contribution in [3.05, 3.63) is 35.9 Å². The first-order chi connectivity index (χ1) is 16.4. The molecule has 1 heterocycles. The molecule has 4 aliphatic carbocycles. The molecule has 5 fully saturated rings. The second-order valence-corrected chi connectivity index (χ2v) is 10.7. The molecule has 34 heavy (non-hydrogen) atoms. The number of esters is 1. The minimum Gasteiger partial charge on any atom is -0.454 e. The van der Waals surface area contributed by atoms with Gasteiger partial charge in [-0.25, -0.2) is 9.59 Å². The van der Waals surface area contributed by atoms with Gasteiger partial charge in [0.1, 0.15) is 6.04 Å². The van der Waals surface area contributed by atoms with Gasteiger partial charge in [0.05, 0.1) is 5.41 Å². The van der Waals surface area contributed by atoms with E-state index in [1.807, 2.05) is 30.3 Å². The summed E-state index contributed by atoms with van der Waals surface area (Å²) in [4.78, 5) is 52.2. The molecule has 1 aromatic rings. The zero-order valence-electron chi connectivity index (χ0n) is 19.5. The Morgan fingerprint density at radius 3 is 2.26 bits per heavy atom. The number of imide groups is 1. The lowest BCUT2D eigenvalue weighted by Crippen LogP contribution is -2.56. The summed E-state index contributed by atoms with van der Waals surface area (Å²) in [6, 6.07) is 8.04. The Bertz CT molecular complexity index is 927. The maximum absolute atomic E-state index is 13.7. The summed E-state index contributed by atoms with van der Waals surface area (Å²) >= 11 is 0. The predicted molar refractivity (Wildman–Crippen MR) is 123 cm³/mol. The Morgan fingerprint density at radius 1 is 0.971 bits per heavy atom. The van der Waals surface area contributed by atoms with Gasteiger partial charge in [-0.15, -0.1) is 0 Å². The Labute approximate surface area is 199 Å². The van der Waals surface area contributed by atoms with Gasteiger partial charge in [0.2, 0.25) is 5.91 Å². The fourth-order valence-corrected chi connectivity index (χ4v) is 7.15. The van der Waals surface area contributed by atoms with Crippen LogP contribution in [0.1, 0.15) is 56.9 Å². The van der Waals surface area contributed by atoms with Gasteiger partial charge in [0.15, 0.2) is 6.61 Å². The van der Waals surface area contributed by atoms with Crippen molar-refractivity contribution in [2.45, 2.75) is 64.0 Å². The summed E-state index contributed by atoms with van der Waals surface area (Å²) < 4.78 is 5.23. The molecule has 4 saturated carbocycles. The Balaban J connectivity index is 1.11. The number of amides is 4. The molecule has 4 amide bonds. The molecule has 0 radical (unpaired) electrons.